The summed E-state index contributed by atoms with van der Waals surface area (Å²) >= 11 is 0. The van der Waals surface area contributed by atoms with Crippen LogP contribution < -0.4 is 4.84 Å². The van der Waals surface area contributed by atoms with E-state index in [-0.39, 0.29) is 0 Å². The highest BCUT2D eigenvalue weighted by Gasteiger charge is 2.25. The van der Waals surface area contributed by atoms with Gasteiger partial charge in [0, 0.05) is 5.92 Å². The van der Waals surface area contributed by atoms with Crippen LogP contribution in [0.1, 0.15) is 91.4 Å². The van der Waals surface area contributed by atoms with E-state index in [4.69, 9.17) is 4.84 Å². The molecule has 0 heterocycles. The van der Waals surface area contributed by atoms with Crippen molar-refractivity contribution in [3.05, 3.63) is 30.3 Å². The van der Waals surface area contributed by atoms with Gasteiger partial charge in [-0.3, -0.25) is 0 Å². The maximum absolute atomic E-state index is 6.26. The molecule has 0 radical (unpaired) electrons. The van der Waals surface area contributed by atoms with Crippen molar-refractivity contribution in [2.75, 3.05) is 20.1 Å². The molecule has 0 amide bonds. The number of para-hydroxylation sites is 1. The minimum absolute atomic E-state index is 0.670. The highest BCUT2D eigenvalue weighted by Crippen LogP contribution is 2.20. The van der Waals surface area contributed by atoms with E-state index in [0.717, 1.165) is 18.8 Å². The van der Waals surface area contributed by atoms with Crippen LogP contribution in [0.25, 0.3) is 0 Å². The standard InChI is InChI=1S/C24H44NO/c1-5-7-8-9-10-11-12-13-14-16-19-23(3)22-25(4,6-2)26-24-20-17-15-18-21-24/h15,17-18,20-21,23H,5-14,16,19,22H2,1-4H3/q+1. The topological polar surface area (TPSA) is 9.23 Å². The Labute approximate surface area is 163 Å². The third-order valence-electron chi connectivity index (χ3n) is 5.49. The summed E-state index contributed by atoms with van der Waals surface area (Å²) in [6.45, 7) is 8.97. The van der Waals surface area contributed by atoms with E-state index >= 15 is 0 Å². The fourth-order valence-electron chi connectivity index (χ4n) is 3.70. The van der Waals surface area contributed by atoms with Gasteiger partial charge in [0.25, 0.3) is 0 Å². The molecule has 2 nitrogen and oxygen atoms in total. The monoisotopic (exact) mass is 362 g/mol. The second-order valence-corrected chi connectivity index (χ2v) is 8.28. The van der Waals surface area contributed by atoms with Crippen molar-refractivity contribution in [1.29, 1.82) is 0 Å². The van der Waals surface area contributed by atoms with Gasteiger partial charge in [0.2, 0.25) is 0 Å². The minimum atomic E-state index is 0.670. The number of rotatable bonds is 16. The zero-order chi connectivity index (χ0) is 19.1. The van der Waals surface area contributed by atoms with Gasteiger partial charge >= 0.3 is 0 Å². The Balaban J connectivity index is 2.11. The van der Waals surface area contributed by atoms with Crippen molar-refractivity contribution in [3.63, 3.8) is 0 Å². The molecule has 2 unspecified atom stereocenters. The van der Waals surface area contributed by atoms with E-state index in [9.17, 15) is 0 Å². The first-order chi connectivity index (χ1) is 12.6. The Bertz CT molecular complexity index is 433. The minimum Gasteiger partial charge on any atom is -0.316 e. The van der Waals surface area contributed by atoms with Crippen LogP contribution in [0, 0.1) is 5.92 Å². The summed E-state index contributed by atoms with van der Waals surface area (Å²) in [7, 11) is 2.21. The number of hydrogen-bond donors (Lipinski definition) is 0. The lowest BCUT2D eigenvalue weighted by Crippen LogP contribution is -2.49. The number of benzene rings is 1. The molecule has 0 saturated carbocycles. The lowest BCUT2D eigenvalue weighted by Gasteiger charge is -2.33. The highest BCUT2D eigenvalue weighted by molar-refractivity contribution is 5.20. The van der Waals surface area contributed by atoms with Gasteiger partial charge in [-0.05, 0) is 25.5 Å². The van der Waals surface area contributed by atoms with Gasteiger partial charge in [0.15, 0.2) is 5.75 Å². The first kappa shape index (κ1) is 23.0. The van der Waals surface area contributed by atoms with E-state index in [1.807, 2.05) is 18.2 Å². The fraction of sp³-hybridized carbons (Fsp3) is 0.750. The largest absolute Gasteiger partial charge is 0.316 e. The molecule has 0 N–H and O–H groups in total. The molecule has 0 spiro atoms. The van der Waals surface area contributed by atoms with Crippen molar-refractivity contribution in [3.8, 4) is 5.75 Å². The predicted octanol–water partition coefficient (Wildman–Crippen LogP) is 7.39. The normalized spacial score (nSPS) is 14.8. The van der Waals surface area contributed by atoms with E-state index in [1.165, 1.54) is 70.6 Å². The van der Waals surface area contributed by atoms with Gasteiger partial charge in [-0.15, -0.1) is 4.65 Å². The predicted molar refractivity (Wildman–Crippen MR) is 114 cm³/mol. The summed E-state index contributed by atoms with van der Waals surface area (Å²) in [6, 6.07) is 10.2. The summed E-state index contributed by atoms with van der Waals surface area (Å²) < 4.78 is 0.670. The van der Waals surface area contributed by atoms with Crippen LogP contribution in [0.2, 0.25) is 0 Å². The molecule has 0 bridgehead atoms. The van der Waals surface area contributed by atoms with Crippen molar-refractivity contribution in [1.82, 2.24) is 0 Å². The Morgan fingerprint density at radius 1 is 0.808 bits per heavy atom. The van der Waals surface area contributed by atoms with Gasteiger partial charge in [-0.2, -0.15) is 0 Å². The first-order valence-electron chi connectivity index (χ1n) is 11.2. The summed E-state index contributed by atoms with van der Waals surface area (Å²) in [6.07, 6.45) is 15.5. The molecule has 0 fully saturated rings. The van der Waals surface area contributed by atoms with Crippen LogP contribution in [0.4, 0.5) is 0 Å². The van der Waals surface area contributed by atoms with Gasteiger partial charge in [-0.25, -0.2) is 0 Å². The number of quaternary nitrogens is 1. The van der Waals surface area contributed by atoms with E-state index in [2.05, 4.69) is 40.0 Å². The van der Waals surface area contributed by atoms with E-state index in [0.29, 0.717) is 10.6 Å². The lowest BCUT2D eigenvalue weighted by molar-refractivity contribution is -1.06. The van der Waals surface area contributed by atoms with E-state index in [1.54, 1.807) is 0 Å². The van der Waals surface area contributed by atoms with E-state index < -0.39 is 0 Å². The molecule has 2 atom stereocenters. The molecule has 150 valence electrons. The zero-order valence-corrected chi connectivity index (χ0v) is 18.0. The van der Waals surface area contributed by atoms with Crippen LogP contribution >= 0.6 is 0 Å². The van der Waals surface area contributed by atoms with Gasteiger partial charge in [0.1, 0.15) is 20.1 Å². The maximum atomic E-state index is 6.26. The summed E-state index contributed by atoms with van der Waals surface area (Å²) in [5, 5.41) is 0. The summed E-state index contributed by atoms with van der Waals surface area (Å²) in [5.74, 6) is 1.68. The molecular weight excluding hydrogens is 318 g/mol. The summed E-state index contributed by atoms with van der Waals surface area (Å²) in [4.78, 5) is 6.26. The Kier molecular flexibility index (Phi) is 12.5. The first-order valence-corrected chi connectivity index (χ1v) is 11.2. The Morgan fingerprint density at radius 2 is 1.35 bits per heavy atom. The van der Waals surface area contributed by atoms with Crippen LogP contribution in [0.5, 0.6) is 5.75 Å². The zero-order valence-electron chi connectivity index (χ0n) is 18.0. The van der Waals surface area contributed by atoms with Crippen LogP contribution in [0.3, 0.4) is 0 Å². The average Bonchev–Trinajstić information content (AvgIpc) is 2.64. The SMILES string of the molecule is CCCCCCCCCCCCC(C)C[N+](C)(CC)Oc1ccccc1. The quantitative estimate of drug-likeness (QED) is 0.169. The molecule has 26 heavy (non-hydrogen) atoms. The van der Waals surface area contributed by atoms with Crippen LogP contribution in [-0.2, 0) is 0 Å². The van der Waals surface area contributed by atoms with Crippen LogP contribution in [0.15, 0.2) is 30.3 Å². The second-order valence-electron chi connectivity index (χ2n) is 8.28. The molecule has 2 heteroatoms. The maximum Gasteiger partial charge on any atom is 0.190 e. The number of hydrogen-bond acceptors (Lipinski definition) is 1. The van der Waals surface area contributed by atoms with Crippen LogP contribution in [-0.4, -0.2) is 24.8 Å². The number of unbranched alkanes of at least 4 members (excludes halogenated alkanes) is 9. The molecule has 1 aromatic carbocycles. The molecule has 1 rings (SSSR count). The number of hydroxylamine groups is 3. The third-order valence-corrected chi connectivity index (χ3v) is 5.49. The van der Waals surface area contributed by atoms with Crippen molar-refractivity contribution >= 4 is 0 Å². The molecule has 0 aliphatic carbocycles. The van der Waals surface area contributed by atoms with Crippen molar-refractivity contribution in [2.24, 2.45) is 5.92 Å². The van der Waals surface area contributed by atoms with Crippen molar-refractivity contribution < 1.29 is 9.48 Å². The third kappa shape index (κ3) is 10.9. The molecule has 1 aromatic rings. The molecular formula is C24H44NO+. The highest BCUT2D eigenvalue weighted by atomic mass is 16.7. The van der Waals surface area contributed by atoms with Gasteiger partial charge in [0.05, 0.1) is 0 Å². The molecule has 0 aromatic heterocycles. The molecule has 0 aliphatic rings. The Morgan fingerprint density at radius 3 is 1.88 bits per heavy atom. The lowest BCUT2D eigenvalue weighted by atomic mass is 10.0. The Hall–Kier alpha value is -1.02. The average molecular weight is 363 g/mol. The smallest absolute Gasteiger partial charge is 0.190 e. The molecule has 0 aliphatic heterocycles. The fourth-order valence-corrected chi connectivity index (χ4v) is 3.70. The van der Waals surface area contributed by atoms with Crippen molar-refractivity contribution in [2.45, 2.75) is 91.4 Å². The summed E-state index contributed by atoms with van der Waals surface area (Å²) in [5.41, 5.74) is 0. The number of nitrogens with zero attached hydrogens (tertiary/aromatic N) is 1. The second kappa shape index (κ2) is 14.1. The van der Waals surface area contributed by atoms with Gasteiger partial charge < -0.3 is 4.84 Å². The van der Waals surface area contributed by atoms with Gasteiger partial charge in [-0.1, -0.05) is 96.3 Å². The molecule has 0 saturated heterocycles.